The summed E-state index contributed by atoms with van der Waals surface area (Å²) in [7, 11) is 0. The number of nitrogens with zero attached hydrogens (tertiary/aromatic N) is 3. The van der Waals surface area contributed by atoms with E-state index in [2.05, 4.69) is 30.9 Å². The van der Waals surface area contributed by atoms with Crippen molar-refractivity contribution in [1.29, 1.82) is 0 Å². The van der Waals surface area contributed by atoms with Crippen molar-refractivity contribution in [2.24, 2.45) is 11.1 Å². The summed E-state index contributed by atoms with van der Waals surface area (Å²) in [5, 5.41) is 5.07. The van der Waals surface area contributed by atoms with Crippen LogP contribution in [0.2, 0.25) is 0 Å². The third kappa shape index (κ3) is 4.27. The van der Waals surface area contributed by atoms with Crippen molar-refractivity contribution < 1.29 is 9.32 Å². The molecule has 2 fully saturated rings. The summed E-state index contributed by atoms with van der Waals surface area (Å²) in [6, 6.07) is 2.19. The fourth-order valence-corrected chi connectivity index (χ4v) is 3.68. The molecule has 1 saturated carbocycles. The van der Waals surface area contributed by atoms with Gasteiger partial charge in [-0.25, -0.2) is 4.98 Å². The largest absolute Gasteiger partial charge is 0.339 e. The summed E-state index contributed by atoms with van der Waals surface area (Å²) in [5.74, 6) is 0.515. The minimum Gasteiger partial charge on any atom is -0.339 e. The minimum absolute atomic E-state index is 0. The highest BCUT2D eigenvalue weighted by Crippen LogP contribution is 2.41. The molecule has 148 valence electrons. The molecular weight excluding hydrogens is 364 g/mol. The summed E-state index contributed by atoms with van der Waals surface area (Å²) in [5.41, 5.74) is 9.06. The predicted octanol–water partition coefficient (Wildman–Crippen LogP) is 3.67. The lowest BCUT2D eigenvalue weighted by Crippen LogP contribution is -2.43. The topological polar surface area (TPSA) is 85.2 Å². The molecule has 0 spiro atoms. The second-order valence-electron chi connectivity index (χ2n) is 9.05. The number of carbonyl (C=O) groups excluding carboxylic acids is 1. The smallest absolute Gasteiger partial charge is 0.259 e. The van der Waals surface area contributed by atoms with E-state index < -0.39 is 0 Å². The molecule has 3 heterocycles. The van der Waals surface area contributed by atoms with Crippen molar-refractivity contribution in [1.82, 2.24) is 15.0 Å². The second kappa shape index (κ2) is 7.40. The number of fused-ring (bicyclic) bond motifs is 1. The average Bonchev–Trinajstić information content (AvgIpc) is 3.36. The Bertz CT molecular complexity index is 830. The first-order valence-electron chi connectivity index (χ1n) is 9.66. The molecule has 1 amide bonds. The van der Waals surface area contributed by atoms with Crippen molar-refractivity contribution in [3.05, 3.63) is 23.0 Å². The molecule has 1 aliphatic carbocycles. The zero-order valence-electron chi connectivity index (χ0n) is 16.3. The number of aromatic nitrogens is 2. The normalized spacial score (nSPS) is 18.6. The van der Waals surface area contributed by atoms with Gasteiger partial charge in [0.2, 0.25) is 0 Å². The second-order valence-corrected chi connectivity index (χ2v) is 9.05. The summed E-state index contributed by atoms with van der Waals surface area (Å²) >= 11 is 0. The van der Waals surface area contributed by atoms with E-state index in [0.29, 0.717) is 30.3 Å². The van der Waals surface area contributed by atoms with Gasteiger partial charge >= 0.3 is 0 Å². The number of rotatable bonds is 3. The molecule has 7 heteroatoms. The highest BCUT2D eigenvalue weighted by atomic mass is 35.5. The van der Waals surface area contributed by atoms with Crippen LogP contribution >= 0.6 is 12.4 Å². The maximum absolute atomic E-state index is 13.3. The first-order chi connectivity index (χ1) is 12.3. The quantitative estimate of drug-likeness (QED) is 0.861. The number of pyridine rings is 1. The maximum Gasteiger partial charge on any atom is 0.259 e. The van der Waals surface area contributed by atoms with E-state index >= 15 is 0 Å². The Morgan fingerprint density at radius 1 is 1.26 bits per heavy atom. The molecule has 2 N–H and O–H groups in total. The molecule has 2 aromatic rings. The molecule has 27 heavy (non-hydrogen) atoms. The van der Waals surface area contributed by atoms with Crippen LogP contribution in [-0.2, 0) is 6.42 Å². The van der Waals surface area contributed by atoms with E-state index in [1.807, 2.05) is 11.0 Å². The van der Waals surface area contributed by atoms with Crippen LogP contribution in [0.1, 0.15) is 74.1 Å². The summed E-state index contributed by atoms with van der Waals surface area (Å²) < 4.78 is 5.56. The van der Waals surface area contributed by atoms with Crippen molar-refractivity contribution in [3.8, 4) is 0 Å². The van der Waals surface area contributed by atoms with E-state index in [0.717, 1.165) is 48.9 Å². The van der Waals surface area contributed by atoms with Gasteiger partial charge in [0.15, 0.2) is 0 Å². The molecule has 0 atom stereocenters. The van der Waals surface area contributed by atoms with Crippen molar-refractivity contribution in [2.75, 3.05) is 13.1 Å². The standard InChI is InChI=1S/C20H28N4O2.ClH/c1-20(2,3)11-16-17-14(19(25)24-8-6-13(21)7-9-24)10-15(12-4-5-12)22-18(17)26-23-16;/h10,12-13H,4-9,11,21H2,1-3H3;1H. The molecule has 2 aromatic heterocycles. The Kier molecular flexibility index (Phi) is 5.50. The van der Waals surface area contributed by atoms with Gasteiger partial charge in [-0.05, 0) is 43.6 Å². The van der Waals surface area contributed by atoms with Crippen LogP contribution in [0.5, 0.6) is 0 Å². The van der Waals surface area contributed by atoms with Crippen LogP contribution in [0.25, 0.3) is 11.1 Å². The molecule has 2 aliphatic rings. The summed E-state index contributed by atoms with van der Waals surface area (Å²) in [6.45, 7) is 7.90. The van der Waals surface area contributed by atoms with Gasteiger partial charge in [0.1, 0.15) is 0 Å². The Balaban J connectivity index is 0.00000210. The lowest BCUT2D eigenvalue weighted by molar-refractivity contribution is 0.0716. The van der Waals surface area contributed by atoms with E-state index in [1.54, 1.807) is 0 Å². The average molecular weight is 393 g/mol. The lowest BCUT2D eigenvalue weighted by Gasteiger charge is -2.30. The van der Waals surface area contributed by atoms with E-state index in [-0.39, 0.29) is 29.8 Å². The number of amides is 1. The van der Waals surface area contributed by atoms with Crippen molar-refractivity contribution in [2.45, 2.75) is 64.8 Å². The van der Waals surface area contributed by atoms with Crippen molar-refractivity contribution >= 4 is 29.4 Å². The zero-order chi connectivity index (χ0) is 18.5. The predicted molar refractivity (Wildman–Crippen MR) is 107 cm³/mol. The fraction of sp³-hybridized carbons (Fsp3) is 0.650. The Labute approximate surface area is 166 Å². The number of piperidine rings is 1. The van der Waals surface area contributed by atoms with E-state index in [1.165, 1.54) is 0 Å². The molecule has 4 rings (SSSR count). The van der Waals surface area contributed by atoms with Gasteiger partial charge < -0.3 is 15.2 Å². The molecule has 0 unspecified atom stereocenters. The Morgan fingerprint density at radius 3 is 2.52 bits per heavy atom. The van der Waals surface area contributed by atoms with Gasteiger partial charge in [0.05, 0.1) is 16.6 Å². The number of halogens is 1. The van der Waals surface area contributed by atoms with Crippen LogP contribution in [0.15, 0.2) is 10.6 Å². The molecule has 1 saturated heterocycles. The summed E-state index contributed by atoms with van der Waals surface area (Å²) in [6.07, 6.45) is 4.72. The lowest BCUT2D eigenvalue weighted by atomic mass is 9.89. The maximum atomic E-state index is 13.3. The molecule has 0 aromatic carbocycles. The van der Waals surface area contributed by atoms with Crippen LogP contribution in [-0.4, -0.2) is 40.1 Å². The number of nitrogens with two attached hydrogens (primary N) is 1. The number of hydrogen-bond donors (Lipinski definition) is 1. The molecule has 0 bridgehead atoms. The van der Waals surface area contributed by atoms with Gasteiger partial charge in [0.25, 0.3) is 11.6 Å². The van der Waals surface area contributed by atoms with E-state index in [4.69, 9.17) is 10.3 Å². The van der Waals surface area contributed by atoms with Crippen LogP contribution in [0, 0.1) is 5.41 Å². The highest BCUT2D eigenvalue weighted by molar-refractivity contribution is 6.06. The number of likely N-dealkylation sites (tertiary alicyclic amines) is 1. The van der Waals surface area contributed by atoms with Crippen LogP contribution in [0.3, 0.4) is 0 Å². The first-order valence-corrected chi connectivity index (χ1v) is 9.66. The SMILES string of the molecule is CC(C)(C)Cc1noc2nc(C3CC3)cc(C(=O)N3CCC(N)CC3)c12.Cl. The minimum atomic E-state index is 0. The molecular formula is C20H29ClN4O2. The van der Waals surface area contributed by atoms with Gasteiger partial charge in [-0.2, -0.15) is 0 Å². The van der Waals surface area contributed by atoms with Gasteiger partial charge in [-0.3, -0.25) is 4.79 Å². The fourth-order valence-electron chi connectivity index (χ4n) is 3.68. The highest BCUT2D eigenvalue weighted by Gasteiger charge is 2.31. The van der Waals surface area contributed by atoms with Gasteiger partial charge in [0, 0.05) is 30.7 Å². The monoisotopic (exact) mass is 392 g/mol. The number of hydrogen-bond acceptors (Lipinski definition) is 5. The van der Waals surface area contributed by atoms with Crippen LogP contribution in [0.4, 0.5) is 0 Å². The third-order valence-electron chi connectivity index (χ3n) is 5.29. The van der Waals surface area contributed by atoms with Gasteiger partial charge in [-0.15, -0.1) is 12.4 Å². The van der Waals surface area contributed by atoms with Crippen molar-refractivity contribution in [3.63, 3.8) is 0 Å². The molecule has 6 nitrogen and oxygen atoms in total. The number of carbonyl (C=O) groups is 1. The third-order valence-corrected chi connectivity index (χ3v) is 5.29. The summed E-state index contributed by atoms with van der Waals surface area (Å²) in [4.78, 5) is 19.9. The van der Waals surface area contributed by atoms with Crippen LogP contribution < -0.4 is 5.73 Å². The van der Waals surface area contributed by atoms with Gasteiger partial charge in [-0.1, -0.05) is 25.9 Å². The first kappa shape index (κ1) is 20.1. The zero-order valence-corrected chi connectivity index (χ0v) is 17.1. The van der Waals surface area contributed by atoms with E-state index in [9.17, 15) is 4.79 Å². The molecule has 1 aliphatic heterocycles. The Morgan fingerprint density at radius 2 is 1.93 bits per heavy atom. The Hall–Kier alpha value is -1.66. The molecule has 0 radical (unpaired) electrons.